The Morgan fingerprint density at radius 3 is 3.04 bits per heavy atom. The normalized spacial score (nSPS) is 18.3. The highest BCUT2D eigenvalue weighted by atomic mass is 32.2. The van der Waals surface area contributed by atoms with E-state index < -0.39 is 0 Å². The van der Waals surface area contributed by atoms with Crippen LogP contribution in [0.4, 0.5) is 6.01 Å². The average Bonchev–Trinajstić information content (AvgIpc) is 3.08. The number of anilines is 1. The molecule has 124 valence electrons. The summed E-state index contributed by atoms with van der Waals surface area (Å²) >= 11 is 1.67. The Kier molecular flexibility index (Phi) is 5.87. The second kappa shape index (κ2) is 8.31. The van der Waals surface area contributed by atoms with Crippen molar-refractivity contribution in [2.24, 2.45) is 0 Å². The SMILES string of the molecule is CCCOC1CCCN(c2nnc(CSc3ccncc3)o2)C1. The number of aromatic nitrogens is 3. The van der Waals surface area contributed by atoms with Crippen LogP contribution in [0.15, 0.2) is 33.8 Å². The second-order valence-electron chi connectivity index (χ2n) is 5.53. The summed E-state index contributed by atoms with van der Waals surface area (Å²) in [6.07, 6.45) is 7.09. The van der Waals surface area contributed by atoms with Gasteiger partial charge in [-0.05, 0) is 31.4 Å². The monoisotopic (exact) mass is 334 g/mol. The van der Waals surface area contributed by atoms with Crippen LogP contribution >= 0.6 is 11.8 Å². The van der Waals surface area contributed by atoms with Crippen LogP contribution in [-0.4, -0.2) is 41.0 Å². The Balaban J connectivity index is 1.54. The lowest BCUT2D eigenvalue weighted by atomic mass is 10.1. The first kappa shape index (κ1) is 16.3. The van der Waals surface area contributed by atoms with Crippen LogP contribution in [0.25, 0.3) is 0 Å². The van der Waals surface area contributed by atoms with Gasteiger partial charge >= 0.3 is 6.01 Å². The fourth-order valence-electron chi connectivity index (χ4n) is 2.54. The molecule has 0 aliphatic carbocycles. The van der Waals surface area contributed by atoms with Gasteiger partial charge in [0.15, 0.2) is 0 Å². The third kappa shape index (κ3) is 4.68. The van der Waals surface area contributed by atoms with Crippen molar-refractivity contribution < 1.29 is 9.15 Å². The highest BCUT2D eigenvalue weighted by molar-refractivity contribution is 7.98. The maximum absolute atomic E-state index is 5.85. The summed E-state index contributed by atoms with van der Waals surface area (Å²) < 4.78 is 11.7. The van der Waals surface area contributed by atoms with E-state index in [-0.39, 0.29) is 6.10 Å². The Labute approximate surface area is 140 Å². The van der Waals surface area contributed by atoms with Crippen LogP contribution in [-0.2, 0) is 10.5 Å². The van der Waals surface area contributed by atoms with Crippen LogP contribution in [0, 0.1) is 0 Å². The van der Waals surface area contributed by atoms with E-state index in [4.69, 9.17) is 9.15 Å². The van der Waals surface area contributed by atoms with Crippen molar-refractivity contribution in [3.8, 4) is 0 Å². The highest BCUT2D eigenvalue weighted by Crippen LogP contribution is 2.24. The molecule has 6 nitrogen and oxygen atoms in total. The Hall–Kier alpha value is -1.60. The van der Waals surface area contributed by atoms with Crippen LogP contribution in [0.2, 0.25) is 0 Å². The average molecular weight is 334 g/mol. The molecule has 3 rings (SSSR count). The molecule has 0 bridgehead atoms. The summed E-state index contributed by atoms with van der Waals surface area (Å²) in [6, 6.07) is 4.56. The first-order valence-corrected chi connectivity index (χ1v) is 9.05. The zero-order chi connectivity index (χ0) is 15.9. The maximum atomic E-state index is 5.85. The molecule has 1 atom stereocenters. The number of thioether (sulfide) groups is 1. The van der Waals surface area contributed by atoms with Crippen molar-refractivity contribution in [2.45, 2.75) is 42.9 Å². The van der Waals surface area contributed by atoms with Crippen molar-refractivity contribution in [2.75, 3.05) is 24.6 Å². The minimum atomic E-state index is 0.269. The van der Waals surface area contributed by atoms with Crippen molar-refractivity contribution in [3.63, 3.8) is 0 Å². The molecule has 1 saturated heterocycles. The number of pyridine rings is 1. The second-order valence-corrected chi connectivity index (χ2v) is 6.58. The van der Waals surface area contributed by atoms with Gasteiger partial charge in [0.25, 0.3) is 0 Å². The molecule has 2 aromatic heterocycles. The molecule has 1 aliphatic heterocycles. The van der Waals surface area contributed by atoms with Gasteiger partial charge < -0.3 is 14.1 Å². The predicted molar refractivity (Wildman–Crippen MR) is 89.6 cm³/mol. The smallest absolute Gasteiger partial charge is 0.318 e. The van der Waals surface area contributed by atoms with Crippen molar-refractivity contribution in [1.29, 1.82) is 0 Å². The summed E-state index contributed by atoms with van der Waals surface area (Å²) in [5.74, 6) is 1.32. The van der Waals surface area contributed by atoms with Gasteiger partial charge in [0.1, 0.15) is 0 Å². The molecule has 0 aromatic carbocycles. The van der Waals surface area contributed by atoms with E-state index in [1.165, 1.54) is 0 Å². The molecule has 1 fully saturated rings. The molecule has 1 aliphatic rings. The third-order valence-corrected chi connectivity index (χ3v) is 4.67. The molecular formula is C16H22N4O2S. The van der Waals surface area contributed by atoms with Gasteiger partial charge in [0.05, 0.1) is 11.9 Å². The lowest BCUT2D eigenvalue weighted by molar-refractivity contribution is 0.0431. The molecule has 0 radical (unpaired) electrons. The zero-order valence-corrected chi connectivity index (χ0v) is 14.2. The lowest BCUT2D eigenvalue weighted by Gasteiger charge is -2.31. The number of rotatable bonds is 7. The van der Waals surface area contributed by atoms with Crippen LogP contribution < -0.4 is 4.90 Å². The van der Waals surface area contributed by atoms with Crippen LogP contribution in [0.5, 0.6) is 0 Å². The molecule has 3 heterocycles. The van der Waals surface area contributed by atoms with Gasteiger partial charge in [-0.3, -0.25) is 4.98 Å². The summed E-state index contributed by atoms with van der Waals surface area (Å²) in [6.45, 7) is 4.73. The van der Waals surface area contributed by atoms with Crippen LogP contribution in [0.3, 0.4) is 0 Å². The van der Waals surface area contributed by atoms with Gasteiger partial charge in [-0.15, -0.1) is 16.9 Å². The van der Waals surface area contributed by atoms with Gasteiger partial charge in [0.2, 0.25) is 5.89 Å². The van der Waals surface area contributed by atoms with E-state index in [1.807, 2.05) is 12.1 Å². The molecule has 0 N–H and O–H groups in total. The number of hydrogen-bond donors (Lipinski definition) is 0. The molecular weight excluding hydrogens is 312 g/mol. The summed E-state index contributed by atoms with van der Waals surface area (Å²) in [7, 11) is 0. The Morgan fingerprint density at radius 2 is 2.22 bits per heavy atom. The number of ether oxygens (including phenoxy) is 1. The Bertz CT molecular complexity index is 593. The first-order chi connectivity index (χ1) is 11.3. The Morgan fingerprint density at radius 1 is 1.35 bits per heavy atom. The van der Waals surface area contributed by atoms with Gasteiger partial charge in [-0.2, -0.15) is 0 Å². The predicted octanol–water partition coefficient (Wildman–Crippen LogP) is 3.15. The van der Waals surface area contributed by atoms with Crippen molar-refractivity contribution >= 4 is 17.8 Å². The van der Waals surface area contributed by atoms with Gasteiger partial charge in [-0.1, -0.05) is 12.0 Å². The third-order valence-electron chi connectivity index (χ3n) is 3.67. The first-order valence-electron chi connectivity index (χ1n) is 8.07. The van der Waals surface area contributed by atoms with E-state index in [9.17, 15) is 0 Å². The topological polar surface area (TPSA) is 64.3 Å². The molecule has 1 unspecified atom stereocenters. The molecule has 0 spiro atoms. The number of hydrogen-bond acceptors (Lipinski definition) is 7. The fraction of sp³-hybridized carbons (Fsp3) is 0.562. The highest BCUT2D eigenvalue weighted by Gasteiger charge is 2.24. The quantitative estimate of drug-likeness (QED) is 0.721. The van der Waals surface area contributed by atoms with Gasteiger partial charge in [-0.25, -0.2) is 0 Å². The van der Waals surface area contributed by atoms with Crippen molar-refractivity contribution in [1.82, 2.24) is 15.2 Å². The van der Waals surface area contributed by atoms with Gasteiger partial charge in [0, 0.05) is 37.0 Å². The van der Waals surface area contributed by atoms with Crippen LogP contribution in [0.1, 0.15) is 32.1 Å². The minimum Gasteiger partial charge on any atom is -0.407 e. The summed E-state index contributed by atoms with van der Waals surface area (Å²) in [4.78, 5) is 7.29. The van der Waals surface area contributed by atoms with E-state index in [0.717, 1.165) is 43.9 Å². The van der Waals surface area contributed by atoms with E-state index in [1.54, 1.807) is 24.2 Å². The summed E-state index contributed by atoms with van der Waals surface area (Å²) in [5, 5.41) is 8.35. The summed E-state index contributed by atoms with van der Waals surface area (Å²) in [5.41, 5.74) is 0. The maximum Gasteiger partial charge on any atom is 0.318 e. The molecule has 2 aromatic rings. The largest absolute Gasteiger partial charge is 0.407 e. The minimum absolute atomic E-state index is 0.269. The number of nitrogens with zero attached hydrogens (tertiary/aromatic N) is 4. The molecule has 23 heavy (non-hydrogen) atoms. The van der Waals surface area contributed by atoms with E-state index in [2.05, 4.69) is 27.0 Å². The molecule has 0 saturated carbocycles. The van der Waals surface area contributed by atoms with E-state index in [0.29, 0.717) is 17.7 Å². The lowest BCUT2D eigenvalue weighted by Crippen LogP contribution is -2.40. The molecule has 0 amide bonds. The van der Waals surface area contributed by atoms with Crippen molar-refractivity contribution in [3.05, 3.63) is 30.4 Å². The number of piperidine rings is 1. The standard InChI is InChI=1S/C16H22N4O2S/c1-2-10-21-13-4-3-9-20(11-13)16-19-18-15(22-16)12-23-14-5-7-17-8-6-14/h5-8,13H,2-4,9-12H2,1H3. The zero-order valence-electron chi connectivity index (χ0n) is 13.4. The fourth-order valence-corrected chi connectivity index (χ4v) is 3.26. The molecule has 7 heteroatoms. The van der Waals surface area contributed by atoms with E-state index >= 15 is 0 Å².